The lowest BCUT2D eigenvalue weighted by Crippen LogP contribution is -2.33. The summed E-state index contributed by atoms with van der Waals surface area (Å²) in [6.45, 7) is 0.424. The molecule has 0 fully saturated rings. The van der Waals surface area contributed by atoms with Gasteiger partial charge in [0, 0.05) is 24.3 Å². The molecule has 3 aromatic rings. The summed E-state index contributed by atoms with van der Waals surface area (Å²) < 4.78 is 2.30. The van der Waals surface area contributed by atoms with Gasteiger partial charge in [-0.15, -0.1) is 0 Å². The van der Waals surface area contributed by atoms with Crippen LogP contribution in [0.3, 0.4) is 0 Å². The van der Waals surface area contributed by atoms with E-state index < -0.39 is 0 Å². The molecule has 0 aliphatic carbocycles. The summed E-state index contributed by atoms with van der Waals surface area (Å²) in [5, 5.41) is 0.406. The molecule has 0 unspecified atom stereocenters. The second-order valence-electron chi connectivity index (χ2n) is 5.43. The van der Waals surface area contributed by atoms with Crippen LogP contribution < -0.4 is 5.56 Å². The molecule has 0 aliphatic heterocycles. The maximum atomic E-state index is 12.4. The molecule has 0 aliphatic rings. The zero-order valence-corrected chi connectivity index (χ0v) is 14.6. The molecule has 24 heavy (non-hydrogen) atoms. The largest absolute Gasteiger partial charge is 0.340 e. The van der Waals surface area contributed by atoms with Crippen LogP contribution in [0.25, 0.3) is 11.0 Å². The van der Waals surface area contributed by atoms with Crippen molar-refractivity contribution in [2.75, 3.05) is 7.05 Å². The Morgan fingerprint density at radius 2 is 1.96 bits per heavy atom. The monoisotopic (exact) mass is 386 g/mol. The van der Waals surface area contributed by atoms with Gasteiger partial charge in [0.1, 0.15) is 12.9 Å². The van der Waals surface area contributed by atoms with E-state index in [4.69, 9.17) is 0 Å². The van der Waals surface area contributed by atoms with Crippen LogP contribution in [-0.2, 0) is 17.9 Å². The molecule has 1 aromatic carbocycles. The number of nitrogens with zero attached hydrogens (tertiary/aromatic N) is 4. The number of halogens is 1. The molecule has 7 heteroatoms. The number of amides is 1. The van der Waals surface area contributed by atoms with E-state index in [9.17, 15) is 9.59 Å². The molecule has 6 nitrogen and oxygen atoms in total. The van der Waals surface area contributed by atoms with E-state index in [0.29, 0.717) is 17.6 Å². The van der Waals surface area contributed by atoms with E-state index in [1.165, 1.54) is 10.9 Å². The van der Waals surface area contributed by atoms with Gasteiger partial charge in [-0.2, -0.15) is 0 Å². The lowest BCUT2D eigenvalue weighted by Gasteiger charge is -2.18. The number of carbonyl (C=O) groups excluding carboxylic acids is 1. The number of aromatic nitrogens is 3. The average molecular weight is 387 g/mol. The molecular formula is C17H15BrN4O2. The molecule has 0 spiro atoms. The van der Waals surface area contributed by atoms with Gasteiger partial charge in [-0.1, -0.05) is 28.1 Å². The number of hydrogen-bond acceptors (Lipinski definition) is 4. The zero-order chi connectivity index (χ0) is 17.1. The van der Waals surface area contributed by atoms with Crippen LogP contribution in [0.1, 0.15) is 5.56 Å². The Bertz CT molecular complexity index is 937. The van der Waals surface area contributed by atoms with Crippen molar-refractivity contribution in [1.29, 1.82) is 0 Å². The Labute approximate surface area is 146 Å². The molecule has 0 atom stereocenters. The standard InChI is InChI=1S/C17H15BrN4O2/c1-21(9-12-4-6-13(18)7-5-12)15(23)10-22-11-20-16-14(17(22)24)3-2-8-19-16/h2-8,11H,9-10H2,1H3. The van der Waals surface area contributed by atoms with Gasteiger partial charge >= 0.3 is 0 Å². The van der Waals surface area contributed by atoms with Crippen molar-refractivity contribution in [2.24, 2.45) is 0 Å². The van der Waals surface area contributed by atoms with Gasteiger partial charge in [0.25, 0.3) is 5.56 Å². The summed E-state index contributed by atoms with van der Waals surface area (Å²) in [7, 11) is 1.71. The topological polar surface area (TPSA) is 68.1 Å². The van der Waals surface area contributed by atoms with Crippen molar-refractivity contribution in [2.45, 2.75) is 13.1 Å². The van der Waals surface area contributed by atoms with Crippen LogP contribution in [0.15, 0.2) is 58.2 Å². The van der Waals surface area contributed by atoms with Crippen molar-refractivity contribution in [3.8, 4) is 0 Å². The first-order valence-electron chi connectivity index (χ1n) is 7.33. The van der Waals surface area contributed by atoms with Crippen LogP contribution in [0, 0.1) is 0 Å². The fourth-order valence-corrected chi connectivity index (χ4v) is 2.59. The second-order valence-corrected chi connectivity index (χ2v) is 6.34. The molecule has 2 heterocycles. The zero-order valence-electron chi connectivity index (χ0n) is 13.0. The van der Waals surface area contributed by atoms with Gasteiger partial charge in [-0.3, -0.25) is 14.2 Å². The molecule has 0 N–H and O–H groups in total. The highest BCUT2D eigenvalue weighted by atomic mass is 79.9. The highest BCUT2D eigenvalue weighted by Gasteiger charge is 2.12. The first kappa shape index (κ1) is 16.3. The smallest absolute Gasteiger partial charge is 0.263 e. The summed E-state index contributed by atoms with van der Waals surface area (Å²) in [4.78, 5) is 34.5. The molecule has 0 saturated carbocycles. The SMILES string of the molecule is CN(Cc1ccc(Br)cc1)C(=O)Cn1cnc2ncccc2c1=O. The van der Waals surface area contributed by atoms with E-state index in [1.54, 1.807) is 30.3 Å². The minimum atomic E-state index is -0.265. The molecule has 2 aromatic heterocycles. The first-order valence-corrected chi connectivity index (χ1v) is 8.12. The quantitative estimate of drug-likeness (QED) is 0.689. The first-order chi connectivity index (χ1) is 11.5. The van der Waals surface area contributed by atoms with Crippen LogP contribution in [-0.4, -0.2) is 32.4 Å². The third-order valence-electron chi connectivity index (χ3n) is 3.66. The Morgan fingerprint density at radius 1 is 1.21 bits per heavy atom. The minimum absolute atomic E-state index is 0.0519. The van der Waals surface area contributed by atoms with E-state index in [0.717, 1.165) is 10.0 Å². The average Bonchev–Trinajstić information content (AvgIpc) is 2.59. The van der Waals surface area contributed by atoms with Crippen molar-refractivity contribution < 1.29 is 4.79 Å². The minimum Gasteiger partial charge on any atom is -0.340 e. The number of fused-ring (bicyclic) bond motifs is 1. The van der Waals surface area contributed by atoms with Crippen LogP contribution in [0.2, 0.25) is 0 Å². The Balaban J connectivity index is 1.75. The van der Waals surface area contributed by atoms with Gasteiger partial charge in [-0.05, 0) is 29.8 Å². The third-order valence-corrected chi connectivity index (χ3v) is 4.19. The lowest BCUT2D eigenvalue weighted by molar-refractivity contribution is -0.131. The second kappa shape index (κ2) is 6.92. The molecule has 122 valence electrons. The van der Waals surface area contributed by atoms with Crippen LogP contribution >= 0.6 is 15.9 Å². The Hall–Kier alpha value is -2.54. The molecule has 3 rings (SSSR count). The third kappa shape index (κ3) is 3.51. The van der Waals surface area contributed by atoms with Crippen LogP contribution in [0.5, 0.6) is 0 Å². The molecule has 0 saturated heterocycles. The van der Waals surface area contributed by atoms with Crippen molar-refractivity contribution in [1.82, 2.24) is 19.4 Å². The van der Waals surface area contributed by atoms with Gasteiger partial charge < -0.3 is 4.90 Å². The summed E-state index contributed by atoms with van der Waals surface area (Å²) in [6.07, 6.45) is 2.94. The predicted molar refractivity (Wildman–Crippen MR) is 94.4 cm³/mol. The summed E-state index contributed by atoms with van der Waals surface area (Å²) in [6, 6.07) is 11.1. The fourth-order valence-electron chi connectivity index (χ4n) is 2.33. The van der Waals surface area contributed by atoms with Crippen LogP contribution in [0.4, 0.5) is 0 Å². The summed E-state index contributed by atoms with van der Waals surface area (Å²) in [5.74, 6) is -0.162. The molecule has 1 amide bonds. The van der Waals surface area contributed by atoms with E-state index in [1.807, 2.05) is 24.3 Å². The maximum absolute atomic E-state index is 12.4. The number of rotatable bonds is 4. The van der Waals surface area contributed by atoms with E-state index >= 15 is 0 Å². The highest BCUT2D eigenvalue weighted by Crippen LogP contribution is 2.12. The van der Waals surface area contributed by atoms with Crippen molar-refractivity contribution >= 4 is 32.9 Å². The summed E-state index contributed by atoms with van der Waals surface area (Å²) >= 11 is 3.38. The molecule has 0 bridgehead atoms. The van der Waals surface area contributed by atoms with E-state index in [2.05, 4.69) is 25.9 Å². The number of benzene rings is 1. The Kier molecular flexibility index (Phi) is 4.71. The van der Waals surface area contributed by atoms with Crippen molar-refractivity contribution in [3.63, 3.8) is 0 Å². The number of pyridine rings is 1. The molecule has 0 radical (unpaired) electrons. The lowest BCUT2D eigenvalue weighted by atomic mass is 10.2. The highest BCUT2D eigenvalue weighted by molar-refractivity contribution is 9.10. The van der Waals surface area contributed by atoms with Gasteiger partial charge in [0.2, 0.25) is 5.91 Å². The molecular weight excluding hydrogens is 372 g/mol. The van der Waals surface area contributed by atoms with Gasteiger partial charge in [0.15, 0.2) is 5.65 Å². The summed E-state index contributed by atoms with van der Waals surface area (Å²) in [5.41, 5.74) is 1.13. The van der Waals surface area contributed by atoms with Crippen molar-refractivity contribution in [3.05, 3.63) is 69.3 Å². The fraction of sp³-hybridized carbons (Fsp3) is 0.176. The normalized spacial score (nSPS) is 10.8. The van der Waals surface area contributed by atoms with E-state index in [-0.39, 0.29) is 18.0 Å². The Morgan fingerprint density at radius 3 is 2.71 bits per heavy atom. The maximum Gasteiger partial charge on any atom is 0.263 e. The number of likely N-dealkylation sites (N-methyl/N-ethyl adjacent to an activating group) is 1. The van der Waals surface area contributed by atoms with Gasteiger partial charge in [-0.25, -0.2) is 9.97 Å². The predicted octanol–water partition coefficient (Wildman–Crippen LogP) is 2.21. The van der Waals surface area contributed by atoms with Gasteiger partial charge in [0.05, 0.1) is 5.39 Å². The number of hydrogen-bond donors (Lipinski definition) is 0. The number of carbonyl (C=O) groups is 1.